The highest BCUT2D eigenvalue weighted by molar-refractivity contribution is 5.79. The van der Waals surface area contributed by atoms with Crippen molar-refractivity contribution in [2.75, 3.05) is 20.2 Å². The van der Waals surface area contributed by atoms with Gasteiger partial charge >= 0.3 is 6.03 Å². The predicted molar refractivity (Wildman–Crippen MR) is 98.5 cm³/mol. The topological polar surface area (TPSA) is 54.5 Å². The Bertz CT molecular complexity index is 836. The largest absolute Gasteiger partial charge is 0.492 e. The molecule has 128 valence electrons. The molecule has 0 radical (unpaired) electrons. The van der Waals surface area contributed by atoms with Crippen LogP contribution in [-0.2, 0) is 6.54 Å². The van der Waals surface area contributed by atoms with E-state index in [9.17, 15) is 4.79 Å². The Morgan fingerprint density at radius 1 is 1.12 bits per heavy atom. The molecule has 1 heterocycles. The lowest BCUT2D eigenvalue weighted by molar-refractivity contribution is 0.203. The summed E-state index contributed by atoms with van der Waals surface area (Å²) in [4.78, 5) is 18.0. The summed E-state index contributed by atoms with van der Waals surface area (Å²) in [5, 5.41) is 3.89. The van der Waals surface area contributed by atoms with Crippen molar-refractivity contribution in [3.63, 3.8) is 0 Å². The van der Waals surface area contributed by atoms with Crippen LogP contribution in [-0.4, -0.2) is 36.1 Å². The first-order chi connectivity index (χ1) is 12.2. The van der Waals surface area contributed by atoms with Crippen LogP contribution < -0.4 is 10.1 Å². The molecule has 0 aliphatic rings. The molecule has 1 N–H and O–H groups in total. The fraction of sp³-hybridized carbons (Fsp3) is 0.200. The number of amides is 2. The van der Waals surface area contributed by atoms with Crippen molar-refractivity contribution in [2.24, 2.45) is 0 Å². The Balaban J connectivity index is 1.43. The van der Waals surface area contributed by atoms with Gasteiger partial charge in [-0.1, -0.05) is 36.4 Å². The van der Waals surface area contributed by atoms with Crippen molar-refractivity contribution in [1.29, 1.82) is 0 Å². The molecule has 0 saturated heterocycles. The van der Waals surface area contributed by atoms with Gasteiger partial charge in [-0.15, -0.1) is 0 Å². The summed E-state index contributed by atoms with van der Waals surface area (Å²) < 4.78 is 5.70. The van der Waals surface area contributed by atoms with Crippen LogP contribution in [0.3, 0.4) is 0 Å². The average molecular weight is 335 g/mol. The molecule has 3 rings (SSSR count). The fourth-order valence-electron chi connectivity index (χ4n) is 2.53. The van der Waals surface area contributed by atoms with E-state index in [0.29, 0.717) is 19.7 Å². The summed E-state index contributed by atoms with van der Waals surface area (Å²) in [5.74, 6) is 0.771. The van der Waals surface area contributed by atoms with Crippen LogP contribution in [0, 0.1) is 0 Å². The summed E-state index contributed by atoms with van der Waals surface area (Å²) in [6.07, 6.45) is 1.77. The van der Waals surface area contributed by atoms with Crippen LogP contribution in [0.1, 0.15) is 5.56 Å². The zero-order valence-electron chi connectivity index (χ0n) is 14.2. The summed E-state index contributed by atoms with van der Waals surface area (Å²) >= 11 is 0. The van der Waals surface area contributed by atoms with Gasteiger partial charge < -0.3 is 15.0 Å². The molecule has 5 nitrogen and oxygen atoms in total. The number of carbonyl (C=O) groups is 1. The van der Waals surface area contributed by atoms with E-state index in [1.807, 2.05) is 60.7 Å². The molecule has 3 aromatic rings. The molecule has 0 saturated carbocycles. The van der Waals surface area contributed by atoms with E-state index in [-0.39, 0.29) is 6.03 Å². The van der Waals surface area contributed by atoms with Crippen molar-refractivity contribution in [1.82, 2.24) is 15.2 Å². The first-order valence-electron chi connectivity index (χ1n) is 8.23. The molecule has 0 aliphatic heterocycles. The van der Waals surface area contributed by atoms with E-state index < -0.39 is 0 Å². The fourth-order valence-corrected chi connectivity index (χ4v) is 2.53. The number of nitrogens with zero attached hydrogens (tertiary/aromatic N) is 2. The molecule has 2 amide bonds. The first-order valence-corrected chi connectivity index (χ1v) is 8.23. The SMILES string of the molecule is CN(Cc1ccccc1)C(=O)NCCOc1ccc2ncccc2c1. The van der Waals surface area contributed by atoms with Gasteiger partial charge in [-0.05, 0) is 29.8 Å². The Labute approximate surface area is 147 Å². The predicted octanol–water partition coefficient (Wildman–Crippen LogP) is 3.46. The number of hydrogen-bond donors (Lipinski definition) is 1. The van der Waals surface area contributed by atoms with Crippen molar-refractivity contribution in [3.8, 4) is 5.75 Å². The number of rotatable bonds is 6. The Kier molecular flexibility index (Phi) is 5.46. The van der Waals surface area contributed by atoms with Crippen LogP contribution in [0.2, 0.25) is 0 Å². The van der Waals surface area contributed by atoms with Gasteiger partial charge in [0, 0.05) is 25.2 Å². The lowest BCUT2D eigenvalue weighted by Crippen LogP contribution is -2.38. The van der Waals surface area contributed by atoms with Crippen molar-refractivity contribution >= 4 is 16.9 Å². The normalized spacial score (nSPS) is 10.4. The highest BCUT2D eigenvalue weighted by Crippen LogP contribution is 2.18. The molecule has 1 aromatic heterocycles. The summed E-state index contributed by atoms with van der Waals surface area (Å²) in [5.41, 5.74) is 2.03. The molecular formula is C20H21N3O2. The first kappa shape index (κ1) is 16.8. The number of aromatic nitrogens is 1. The van der Waals surface area contributed by atoms with Crippen LogP contribution >= 0.6 is 0 Å². The number of urea groups is 1. The number of pyridine rings is 1. The molecule has 0 spiro atoms. The minimum Gasteiger partial charge on any atom is -0.492 e. The lowest BCUT2D eigenvalue weighted by atomic mass is 10.2. The highest BCUT2D eigenvalue weighted by atomic mass is 16.5. The minimum atomic E-state index is -0.116. The van der Waals surface area contributed by atoms with Gasteiger partial charge in [0.05, 0.1) is 12.1 Å². The molecule has 0 bridgehead atoms. The zero-order valence-corrected chi connectivity index (χ0v) is 14.2. The van der Waals surface area contributed by atoms with Gasteiger partial charge in [0.15, 0.2) is 0 Å². The van der Waals surface area contributed by atoms with E-state index in [0.717, 1.165) is 22.2 Å². The van der Waals surface area contributed by atoms with Gasteiger partial charge in [-0.25, -0.2) is 4.79 Å². The van der Waals surface area contributed by atoms with Gasteiger partial charge in [0.2, 0.25) is 0 Å². The number of fused-ring (bicyclic) bond motifs is 1. The van der Waals surface area contributed by atoms with Gasteiger partial charge in [0.1, 0.15) is 12.4 Å². The standard InChI is InChI=1S/C20H21N3O2/c1-23(15-16-6-3-2-4-7-16)20(24)22-12-13-25-18-9-10-19-17(14-18)8-5-11-21-19/h2-11,14H,12-13,15H2,1H3,(H,22,24). The van der Waals surface area contributed by atoms with Gasteiger partial charge in [0.25, 0.3) is 0 Å². The summed E-state index contributed by atoms with van der Waals surface area (Å²) in [7, 11) is 1.78. The maximum absolute atomic E-state index is 12.1. The van der Waals surface area contributed by atoms with Crippen molar-refractivity contribution in [2.45, 2.75) is 6.54 Å². The number of ether oxygens (including phenoxy) is 1. The van der Waals surface area contributed by atoms with E-state index >= 15 is 0 Å². The maximum atomic E-state index is 12.1. The second kappa shape index (κ2) is 8.15. The molecule has 2 aromatic carbocycles. The molecule has 0 unspecified atom stereocenters. The Hall–Kier alpha value is -3.08. The Morgan fingerprint density at radius 3 is 2.80 bits per heavy atom. The van der Waals surface area contributed by atoms with E-state index in [2.05, 4.69) is 10.3 Å². The van der Waals surface area contributed by atoms with Crippen molar-refractivity contribution < 1.29 is 9.53 Å². The second-order valence-corrected chi connectivity index (χ2v) is 5.78. The molecular weight excluding hydrogens is 314 g/mol. The number of carbonyl (C=O) groups excluding carboxylic acids is 1. The zero-order chi connectivity index (χ0) is 17.5. The summed E-state index contributed by atoms with van der Waals surface area (Å²) in [6, 6.07) is 19.4. The molecule has 0 aliphatic carbocycles. The van der Waals surface area contributed by atoms with Crippen LogP contribution in [0.15, 0.2) is 66.9 Å². The third kappa shape index (κ3) is 4.70. The average Bonchev–Trinajstić information content (AvgIpc) is 2.65. The number of hydrogen-bond acceptors (Lipinski definition) is 3. The second-order valence-electron chi connectivity index (χ2n) is 5.78. The molecule has 25 heavy (non-hydrogen) atoms. The van der Waals surface area contributed by atoms with Gasteiger partial charge in [-0.3, -0.25) is 4.98 Å². The van der Waals surface area contributed by atoms with Gasteiger partial charge in [-0.2, -0.15) is 0 Å². The number of benzene rings is 2. The number of nitrogens with one attached hydrogen (secondary N) is 1. The van der Waals surface area contributed by atoms with Crippen LogP contribution in [0.5, 0.6) is 5.75 Å². The summed E-state index contributed by atoms with van der Waals surface area (Å²) in [6.45, 7) is 1.44. The van der Waals surface area contributed by atoms with Crippen LogP contribution in [0.4, 0.5) is 4.79 Å². The smallest absolute Gasteiger partial charge is 0.317 e. The van der Waals surface area contributed by atoms with E-state index in [1.54, 1.807) is 18.1 Å². The quantitative estimate of drug-likeness (QED) is 0.702. The Morgan fingerprint density at radius 2 is 1.96 bits per heavy atom. The lowest BCUT2D eigenvalue weighted by Gasteiger charge is -2.18. The molecule has 5 heteroatoms. The highest BCUT2D eigenvalue weighted by Gasteiger charge is 2.08. The minimum absolute atomic E-state index is 0.116. The van der Waals surface area contributed by atoms with E-state index in [1.165, 1.54) is 0 Å². The van der Waals surface area contributed by atoms with Crippen molar-refractivity contribution in [3.05, 3.63) is 72.4 Å². The third-order valence-electron chi connectivity index (χ3n) is 3.83. The molecule has 0 fully saturated rings. The van der Waals surface area contributed by atoms with Crippen LogP contribution in [0.25, 0.3) is 10.9 Å². The molecule has 0 atom stereocenters. The monoisotopic (exact) mass is 335 g/mol. The van der Waals surface area contributed by atoms with E-state index in [4.69, 9.17) is 4.74 Å². The maximum Gasteiger partial charge on any atom is 0.317 e. The third-order valence-corrected chi connectivity index (χ3v) is 3.83.